The van der Waals surface area contributed by atoms with Crippen LogP contribution in [0.1, 0.15) is 18.9 Å². The summed E-state index contributed by atoms with van der Waals surface area (Å²) in [5.41, 5.74) is 10.8. The van der Waals surface area contributed by atoms with Crippen LogP contribution in [0.5, 0.6) is 11.5 Å². The quantitative estimate of drug-likeness (QED) is 0.394. The van der Waals surface area contributed by atoms with Crippen LogP contribution >= 0.6 is 12.1 Å². The van der Waals surface area contributed by atoms with E-state index in [-0.39, 0.29) is 11.5 Å². The van der Waals surface area contributed by atoms with Gasteiger partial charge in [-0.25, -0.2) is 13.7 Å². The number of allylic oxidation sites excluding steroid dienone is 4. The molecule has 3 aliphatic rings. The highest BCUT2D eigenvalue weighted by Gasteiger charge is 2.36. The summed E-state index contributed by atoms with van der Waals surface area (Å²) >= 11 is 1.58. The number of hydrogen-bond donors (Lipinski definition) is 3. The Balaban J connectivity index is 1.21. The van der Waals surface area contributed by atoms with Gasteiger partial charge in [0.05, 0.1) is 30.5 Å². The van der Waals surface area contributed by atoms with Crippen molar-refractivity contribution in [3.05, 3.63) is 89.0 Å². The summed E-state index contributed by atoms with van der Waals surface area (Å²) in [5, 5.41) is 9.42. The fourth-order valence-electron chi connectivity index (χ4n) is 4.71. The summed E-state index contributed by atoms with van der Waals surface area (Å²) in [7, 11) is 0. The lowest BCUT2D eigenvalue weighted by Crippen LogP contribution is -2.45. The van der Waals surface area contributed by atoms with E-state index >= 15 is 0 Å². The van der Waals surface area contributed by atoms with Gasteiger partial charge in [0.15, 0.2) is 17.3 Å². The van der Waals surface area contributed by atoms with Gasteiger partial charge in [-0.2, -0.15) is 5.10 Å². The summed E-state index contributed by atoms with van der Waals surface area (Å²) in [6.07, 6.45) is 7.59. The number of morpholine rings is 1. The molecule has 9 nitrogen and oxygen atoms in total. The average molecular weight is 579 g/mol. The summed E-state index contributed by atoms with van der Waals surface area (Å²) < 4.78 is 30.8. The van der Waals surface area contributed by atoms with Crippen LogP contribution < -0.4 is 25.5 Å². The van der Waals surface area contributed by atoms with Crippen LogP contribution in [-0.4, -0.2) is 55.3 Å². The highest BCUT2D eigenvalue weighted by molar-refractivity contribution is 7.95. The Hall–Kier alpha value is -3.64. The molecule has 0 aromatic heterocycles. The minimum absolute atomic E-state index is 0.112. The van der Waals surface area contributed by atoms with Crippen LogP contribution in [0.2, 0.25) is 0 Å². The van der Waals surface area contributed by atoms with Crippen molar-refractivity contribution in [3.63, 3.8) is 0 Å². The number of Topliss-reactive ketones (excluding diaryl/α,β-unsaturated/α-hetero) is 1. The third-order valence-corrected chi connectivity index (χ3v) is 8.01. The van der Waals surface area contributed by atoms with Gasteiger partial charge in [-0.05, 0) is 67.8 Å². The van der Waals surface area contributed by atoms with Crippen LogP contribution in [0.15, 0.2) is 82.8 Å². The molecule has 216 valence electrons. The fourth-order valence-corrected chi connectivity index (χ4v) is 5.51. The normalized spacial score (nSPS) is 22.8. The predicted molar refractivity (Wildman–Crippen MR) is 161 cm³/mol. The molecular formula is C30H35FN6O3S. The number of nitrogens with zero attached hydrogens (tertiary/aromatic N) is 3. The molecule has 2 aromatic carbocycles. The lowest BCUT2D eigenvalue weighted by molar-refractivity contribution is -0.117. The molecule has 0 amide bonds. The average Bonchev–Trinajstić information content (AvgIpc) is 3.39. The van der Waals surface area contributed by atoms with Gasteiger partial charge in [-0.15, -0.1) is 0 Å². The van der Waals surface area contributed by atoms with Gasteiger partial charge in [0.2, 0.25) is 0 Å². The van der Waals surface area contributed by atoms with Gasteiger partial charge < -0.3 is 25.2 Å². The van der Waals surface area contributed by atoms with Crippen LogP contribution in [0.3, 0.4) is 0 Å². The lowest BCUT2D eigenvalue weighted by atomic mass is 9.99. The van der Waals surface area contributed by atoms with Gasteiger partial charge in [0.1, 0.15) is 11.9 Å². The number of benzene rings is 2. The molecule has 0 aliphatic carbocycles. The number of hydrazone groups is 1. The molecule has 0 saturated carbocycles. The number of carbonyl (C=O) groups excluding carboxylic acids is 1. The third-order valence-electron chi connectivity index (χ3n) is 7.07. The smallest absolute Gasteiger partial charge is 0.190 e. The van der Waals surface area contributed by atoms with E-state index in [0.717, 1.165) is 48.8 Å². The summed E-state index contributed by atoms with van der Waals surface area (Å²) in [5.74, 6) is -0.522. The van der Waals surface area contributed by atoms with Crippen LogP contribution in [0.25, 0.3) is 0 Å². The Morgan fingerprint density at radius 2 is 1.98 bits per heavy atom. The van der Waals surface area contributed by atoms with E-state index < -0.39 is 17.9 Å². The monoisotopic (exact) mass is 578 g/mol. The Morgan fingerprint density at radius 3 is 2.76 bits per heavy atom. The van der Waals surface area contributed by atoms with Gasteiger partial charge in [0, 0.05) is 43.7 Å². The first-order chi connectivity index (χ1) is 19.9. The van der Waals surface area contributed by atoms with Crippen molar-refractivity contribution in [3.8, 4) is 11.5 Å². The van der Waals surface area contributed by atoms with Crippen molar-refractivity contribution >= 4 is 29.8 Å². The molecule has 1 saturated heterocycles. The summed E-state index contributed by atoms with van der Waals surface area (Å²) in [4.78, 5) is 13.6. The summed E-state index contributed by atoms with van der Waals surface area (Å²) in [6, 6.07) is 11.6. The molecular weight excluding hydrogens is 543 g/mol. The van der Waals surface area contributed by atoms with Gasteiger partial charge >= 0.3 is 0 Å². The van der Waals surface area contributed by atoms with Crippen molar-refractivity contribution in [2.45, 2.75) is 26.4 Å². The van der Waals surface area contributed by atoms with Gasteiger partial charge in [-0.1, -0.05) is 24.3 Å². The maximum absolute atomic E-state index is 14.0. The van der Waals surface area contributed by atoms with Crippen molar-refractivity contribution < 1.29 is 18.7 Å². The Morgan fingerprint density at radius 1 is 1.17 bits per heavy atom. The molecule has 41 heavy (non-hydrogen) atoms. The number of carbonyl (C=O) groups is 1. The van der Waals surface area contributed by atoms with E-state index in [1.54, 1.807) is 53.7 Å². The molecule has 11 heteroatoms. The highest BCUT2D eigenvalue weighted by atomic mass is 32.2. The first-order valence-electron chi connectivity index (χ1n) is 13.6. The van der Waals surface area contributed by atoms with Crippen LogP contribution in [0.4, 0.5) is 10.1 Å². The van der Waals surface area contributed by atoms with E-state index in [1.165, 1.54) is 6.07 Å². The van der Waals surface area contributed by atoms with E-state index in [9.17, 15) is 9.18 Å². The maximum Gasteiger partial charge on any atom is 0.190 e. The molecule has 2 aromatic rings. The van der Waals surface area contributed by atoms with E-state index in [1.807, 2.05) is 19.1 Å². The topological polar surface area (TPSA) is 104 Å². The molecule has 0 spiro atoms. The second kappa shape index (κ2) is 13.3. The largest absolute Gasteiger partial charge is 0.454 e. The van der Waals surface area contributed by atoms with Crippen molar-refractivity contribution in [1.82, 2.24) is 14.3 Å². The van der Waals surface area contributed by atoms with E-state index in [2.05, 4.69) is 38.5 Å². The second-order valence-electron chi connectivity index (χ2n) is 9.94. The number of nitrogens with two attached hydrogens (primary N) is 1. The number of hydrogen-bond acceptors (Lipinski definition) is 10. The van der Waals surface area contributed by atoms with Crippen LogP contribution in [-0.2, 0) is 9.53 Å². The number of rotatable bonds is 8. The van der Waals surface area contributed by atoms with Crippen molar-refractivity contribution in [2.24, 2.45) is 16.8 Å². The standard InChI is InChI=1S/C30H35FN6O3S/c1-20-6-5-8-26(33-13-12-25(20)35-41-36-14-16-39-17-15-36)29(38)23-19-34-37(30(23)32)27-11-10-22(18-21(27)2)40-28-9-4-3-7-24(28)31/h3-4,6-12,18-19,23,30,33,35H,5,13-17,32H2,1-2H3/b20-6?,25-12?,26-8-. The Kier molecular flexibility index (Phi) is 9.40. The SMILES string of the molecule is CC1=CC/C=C(/C(=O)C2C=NN(c3ccc(Oc4ccccc4F)cc3C)C2N)NCC=C1NSN1CCOCC1. The molecule has 0 bridgehead atoms. The highest BCUT2D eigenvalue weighted by Crippen LogP contribution is 2.32. The minimum atomic E-state index is -0.676. The molecule has 4 N–H and O–H groups in total. The predicted octanol–water partition coefficient (Wildman–Crippen LogP) is 4.39. The number of ketones is 1. The molecule has 3 heterocycles. The zero-order valence-electron chi connectivity index (χ0n) is 23.2. The van der Waals surface area contributed by atoms with Gasteiger partial charge in [0.25, 0.3) is 0 Å². The number of anilines is 1. The molecule has 2 unspecified atom stereocenters. The molecule has 2 atom stereocenters. The zero-order valence-corrected chi connectivity index (χ0v) is 24.0. The van der Waals surface area contributed by atoms with E-state index in [4.69, 9.17) is 15.2 Å². The summed E-state index contributed by atoms with van der Waals surface area (Å²) in [6.45, 7) is 7.66. The second-order valence-corrected chi connectivity index (χ2v) is 10.8. The molecule has 0 radical (unpaired) electrons. The maximum atomic E-state index is 14.0. The Labute approximate surface area is 244 Å². The molecule has 5 rings (SSSR count). The number of para-hydroxylation sites is 1. The number of nitrogens with one attached hydrogen (secondary N) is 2. The number of halogens is 1. The first-order valence-corrected chi connectivity index (χ1v) is 14.4. The van der Waals surface area contributed by atoms with Gasteiger partial charge in [-0.3, -0.25) is 4.79 Å². The minimum Gasteiger partial charge on any atom is -0.454 e. The molecule has 1 fully saturated rings. The first kappa shape index (κ1) is 28.9. The van der Waals surface area contributed by atoms with Crippen LogP contribution in [0, 0.1) is 18.7 Å². The van der Waals surface area contributed by atoms with Crippen molar-refractivity contribution in [2.75, 3.05) is 37.9 Å². The number of ether oxygens (including phenoxy) is 2. The number of aryl methyl sites for hydroxylation is 1. The fraction of sp³-hybridized carbons (Fsp3) is 0.333. The zero-order chi connectivity index (χ0) is 28.8. The lowest BCUT2D eigenvalue weighted by Gasteiger charge is -2.26. The van der Waals surface area contributed by atoms with Crippen molar-refractivity contribution in [1.29, 1.82) is 0 Å². The van der Waals surface area contributed by atoms with E-state index in [0.29, 0.717) is 24.4 Å². The molecule has 3 aliphatic heterocycles. The Bertz CT molecular complexity index is 1390. The third kappa shape index (κ3) is 6.99.